The number of fused-ring (bicyclic) bond motifs is 2. The van der Waals surface area contributed by atoms with Crippen LogP contribution in [0, 0.1) is 5.92 Å². The lowest BCUT2D eigenvalue weighted by atomic mass is 9.87. The molecule has 0 saturated carbocycles. The van der Waals surface area contributed by atoms with Crippen LogP contribution in [0.25, 0.3) is 0 Å². The Kier molecular flexibility index (Phi) is 4.09. The van der Waals surface area contributed by atoms with Gasteiger partial charge in [0.2, 0.25) is 5.91 Å². The third-order valence-corrected chi connectivity index (χ3v) is 5.79. The lowest BCUT2D eigenvalue weighted by Crippen LogP contribution is -2.62. The monoisotopic (exact) mass is 366 g/mol. The number of nitrogens with zero attached hydrogens (tertiary/aromatic N) is 4. The van der Waals surface area contributed by atoms with Crippen molar-refractivity contribution in [3.05, 3.63) is 47.9 Å². The number of allylic oxidation sites excluding steroid dienone is 2. The van der Waals surface area contributed by atoms with Gasteiger partial charge < -0.3 is 14.4 Å². The molecule has 0 aromatic carbocycles. The van der Waals surface area contributed by atoms with Crippen LogP contribution in [-0.2, 0) is 16.1 Å². The number of aromatic nitrogens is 1. The van der Waals surface area contributed by atoms with Crippen LogP contribution in [0.2, 0.25) is 0 Å². The van der Waals surface area contributed by atoms with E-state index in [1.165, 1.54) is 0 Å². The van der Waals surface area contributed by atoms with Crippen molar-refractivity contribution in [3.63, 3.8) is 0 Å². The Hall–Kier alpha value is -2.63. The van der Waals surface area contributed by atoms with Crippen LogP contribution in [0.1, 0.15) is 45.9 Å². The van der Waals surface area contributed by atoms with Gasteiger partial charge in [-0.1, -0.05) is 13.8 Å². The van der Waals surface area contributed by atoms with Crippen LogP contribution >= 0.6 is 0 Å². The van der Waals surface area contributed by atoms with Gasteiger partial charge >= 0.3 is 0 Å². The first kappa shape index (κ1) is 17.8. The van der Waals surface area contributed by atoms with Crippen molar-refractivity contribution in [3.8, 4) is 0 Å². The molecule has 4 rings (SSSR count). The number of carbonyl (C=O) groups excluding carboxylic acids is 2. The van der Waals surface area contributed by atoms with Crippen molar-refractivity contribution in [2.75, 3.05) is 6.54 Å². The summed E-state index contributed by atoms with van der Waals surface area (Å²) < 4.78 is 2.22. The molecule has 0 unspecified atom stereocenters. The second kappa shape index (κ2) is 6.22. The van der Waals surface area contributed by atoms with Crippen molar-refractivity contribution in [1.82, 2.24) is 14.4 Å². The predicted molar refractivity (Wildman–Crippen MR) is 104 cm³/mol. The lowest BCUT2D eigenvalue weighted by Gasteiger charge is -2.48. The molecule has 0 saturated heterocycles. The molecule has 0 aliphatic carbocycles. The highest BCUT2D eigenvalue weighted by atomic mass is 16.2. The molecular weight excluding hydrogens is 340 g/mol. The van der Waals surface area contributed by atoms with E-state index < -0.39 is 5.54 Å². The summed E-state index contributed by atoms with van der Waals surface area (Å²) >= 11 is 0. The summed E-state index contributed by atoms with van der Waals surface area (Å²) in [5.41, 5.74) is 1.23. The maximum Gasteiger partial charge on any atom is 0.250 e. The molecule has 1 aromatic rings. The summed E-state index contributed by atoms with van der Waals surface area (Å²) in [5.74, 6) is 0.589. The van der Waals surface area contributed by atoms with Gasteiger partial charge in [0, 0.05) is 31.2 Å². The van der Waals surface area contributed by atoms with Crippen LogP contribution in [0.5, 0.6) is 0 Å². The van der Waals surface area contributed by atoms with Crippen molar-refractivity contribution >= 4 is 17.6 Å². The van der Waals surface area contributed by atoms with Gasteiger partial charge in [-0.2, -0.15) is 4.99 Å². The number of aliphatic imine (C=N–C) groups is 1. The van der Waals surface area contributed by atoms with E-state index in [4.69, 9.17) is 0 Å². The van der Waals surface area contributed by atoms with Gasteiger partial charge in [-0.25, -0.2) is 0 Å². The molecule has 4 heterocycles. The van der Waals surface area contributed by atoms with E-state index in [0.29, 0.717) is 12.4 Å². The summed E-state index contributed by atoms with van der Waals surface area (Å²) in [4.78, 5) is 34.2. The number of hydrogen-bond acceptors (Lipinski definition) is 3. The Bertz CT molecular complexity index is 892. The van der Waals surface area contributed by atoms with Crippen LogP contribution in [0.3, 0.4) is 0 Å². The topological polar surface area (TPSA) is 57.9 Å². The highest BCUT2D eigenvalue weighted by Gasteiger charge is 2.49. The van der Waals surface area contributed by atoms with Gasteiger partial charge in [-0.15, -0.1) is 0 Å². The fraction of sp³-hybridized carbons (Fsp3) is 0.476. The molecule has 6 heteroatoms. The van der Waals surface area contributed by atoms with E-state index in [0.717, 1.165) is 17.8 Å². The number of amidine groups is 1. The van der Waals surface area contributed by atoms with Gasteiger partial charge in [-0.3, -0.25) is 9.59 Å². The van der Waals surface area contributed by atoms with Crippen molar-refractivity contribution in [2.24, 2.45) is 10.9 Å². The third-order valence-electron chi connectivity index (χ3n) is 5.79. The van der Waals surface area contributed by atoms with Crippen LogP contribution in [-0.4, -0.2) is 44.1 Å². The number of hydrogen-bond donors (Lipinski definition) is 0. The molecule has 6 nitrogen and oxygen atoms in total. The normalized spacial score (nSPS) is 27.3. The smallest absolute Gasteiger partial charge is 0.250 e. The Morgan fingerprint density at radius 3 is 2.85 bits per heavy atom. The van der Waals surface area contributed by atoms with E-state index in [1.54, 1.807) is 0 Å². The second-order valence-corrected chi connectivity index (χ2v) is 8.20. The Labute approximate surface area is 159 Å². The average molecular weight is 366 g/mol. The van der Waals surface area contributed by atoms with E-state index in [1.807, 2.05) is 48.1 Å². The zero-order valence-corrected chi connectivity index (χ0v) is 16.3. The fourth-order valence-corrected chi connectivity index (χ4v) is 4.47. The molecule has 2 amide bonds. The minimum Gasteiger partial charge on any atom is -0.348 e. The first-order chi connectivity index (χ1) is 12.8. The Morgan fingerprint density at radius 2 is 2.11 bits per heavy atom. The summed E-state index contributed by atoms with van der Waals surface area (Å²) in [7, 11) is 0. The van der Waals surface area contributed by atoms with Crippen LogP contribution in [0.4, 0.5) is 0 Å². The maximum absolute atomic E-state index is 13.8. The van der Waals surface area contributed by atoms with E-state index in [9.17, 15) is 9.59 Å². The fourth-order valence-electron chi connectivity index (χ4n) is 4.47. The molecule has 0 spiro atoms. The molecule has 2 atom stereocenters. The van der Waals surface area contributed by atoms with Gasteiger partial charge in [-0.05, 0) is 49.6 Å². The SMILES string of the molecule is CC1=CC2=NC(=O)C[C@@](C)(C(=O)N3CCn4cccc4[C@H]3C(C)C)N2C=C1. The Morgan fingerprint density at radius 1 is 1.33 bits per heavy atom. The second-order valence-electron chi connectivity index (χ2n) is 8.20. The van der Waals surface area contributed by atoms with E-state index >= 15 is 0 Å². The van der Waals surface area contributed by atoms with Crippen molar-refractivity contribution < 1.29 is 9.59 Å². The summed E-state index contributed by atoms with van der Waals surface area (Å²) in [6, 6.07) is 4.13. The summed E-state index contributed by atoms with van der Waals surface area (Å²) in [6.07, 6.45) is 7.88. The minimum atomic E-state index is -0.955. The largest absolute Gasteiger partial charge is 0.348 e. The van der Waals surface area contributed by atoms with Gasteiger partial charge in [0.1, 0.15) is 11.4 Å². The lowest BCUT2D eigenvalue weighted by molar-refractivity contribution is -0.148. The Balaban J connectivity index is 1.73. The minimum absolute atomic E-state index is 0.00143. The highest BCUT2D eigenvalue weighted by molar-refractivity contribution is 6.10. The standard InChI is InChI=1S/C21H26N4O2/c1-14(2)19-16-6-5-8-23(16)10-11-24(19)20(27)21(4)13-18(26)22-17-12-15(3)7-9-25(17)21/h5-9,12,14,19H,10-11,13H2,1-4H3/t19-,21+/m1/s1. The quantitative estimate of drug-likeness (QED) is 0.809. The first-order valence-electron chi connectivity index (χ1n) is 9.55. The highest BCUT2D eigenvalue weighted by Crippen LogP contribution is 2.37. The predicted octanol–water partition coefficient (Wildman–Crippen LogP) is 2.89. The molecule has 0 bridgehead atoms. The van der Waals surface area contributed by atoms with Gasteiger partial charge in [0.15, 0.2) is 0 Å². The summed E-state index contributed by atoms with van der Waals surface area (Å²) in [5, 5.41) is 0. The third kappa shape index (κ3) is 2.74. The number of carbonyl (C=O) groups is 2. The zero-order valence-electron chi connectivity index (χ0n) is 16.3. The van der Waals surface area contributed by atoms with E-state index in [-0.39, 0.29) is 30.2 Å². The molecular formula is C21H26N4O2. The van der Waals surface area contributed by atoms with Crippen LogP contribution in [0.15, 0.2) is 47.2 Å². The number of rotatable bonds is 2. The van der Waals surface area contributed by atoms with Crippen molar-refractivity contribution in [2.45, 2.75) is 52.2 Å². The molecule has 3 aliphatic heterocycles. The molecule has 27 heavy (non-hydrogen) atoms. The zero-order chi connectivity index (χ0) is 19.3. The summed E-state index contributed by atoms with van der Waals surface area (Å²) in [6.45, 7) is 9.53. The van der Waals surface area contributed by atoms with Crippen molar-refractivity contribution in [1.29, 1.82) is 0 Å². The molecule has 0 radical (unpaired) electrons. The van der Waals surface area contributed by atoms with Gasteiger partial charge in [0.25, 0.3) is 5.91 Å². The number of amides is 2. The van der Waals surface area contributed by atoms with Crippen LogP contribution < -0.4 is 0 Å². The molecule has 1 aromatic heterocycles. The van der Waals surface area contributed by atoms with E-state index in [2.05, 4.69) is 35.7 Å². The molecule has 3 aliphatic rings. The molecule has 142 valence electrons. The molecule has 0 fully saturated rings. The first-order valence-corrected chi connectivity index (χ1v) is 9.55. The maximum atomic E-state index is 13.8. The molecule has 0 N–H and O–H groups in total. The van der Waals surface area contributed by atoms with Gasteiger partial charge in [0.05, 0.1) is 12.5 Å². The average Bonchev–Trinajstić information content (AvgIpc) is 3.07.